The molecule has 0 radical (unpaired) electrons. The van der Waals surface area contributed by atoms with E-state index in [1.807, 2.05) is 27.7 Å². The van der Waals surface area contributed by atoms with Gasteiger partial charge in [0.1, 0.15) is 11.5 Å². The maximum atomic E-state index is 10.1. The van der Waals surface area contributed by atoms with E-state index in [9.17, 15) is 5.11 Å². The number of phenolic OH excluding ortho intramolecular Hbond substituents is 1. The van der Waals surface area contributed by atoms with Crippen LogP contribution in [0.25, 0.3) is 0 Å². The Morgan fingerprint density at radius 2 is 1.94 bits per heavy atom. The molecule has 0 aliphatic carbocycles. The van der Waals surface area contributed by atoms with Gasteiger partial charge in [0, 0.05) is 12.0 Å². The number of hydrogen-bond donors (Lipinski definition) is 2. The second-order valence-electron chi connectivity index (χ2n) is 5.13. The summed E-state index contributed by atoms with van der Waals surface area (Å²) in [5, 5.41) is 13.2. The van der Waals surface area contributed by atoms with Gasteiger partial charge in [-0.25, -0.2) is 0 Å². The van der Waals surface area contributed by atoms with E-state index in [0.29, 0.717) is 5.75 Å². The Morgan fingerprint density at radius 1 is 1.28 bits per heavy atom. The van der Waals surface area contributed by atoms with Crippen LogP contribution in [-0.4, -0.2) is 16.3 Å². The number of hydrogen-bond acceptors (Lipinski definition) is 3. The van der Waals surface area contributed by atoms with Crippen molar-refractivity contribution in [3.05, 3.63) is 22.3 Å². The van der Waals surface area contributed by atoms with Crippen molar-refractivity contribution in [1.82, 2.24) is 5.32 Å². The van der Waals surface area contributed by atoms with Crippen LogP contribution in [0.15, 0.2) is 0 Å². The van der Waals surface area contributed by atoms with Gasteiger partial charge in [0.25, 0.3) is 0 Å². The van der Waals surface area contributed by atoms with Crippen LogP contribution < -0.4 is 10.1 Å². The lowest BCUT2D eigenvalue weighted by Crippen LogP contribution is -2.49. The highest BCUT2D eigenvalue weighted by Crippen LogP contribution is 2.42. The van der Waals surface area contributed by atoms with E-state index in [0.717, 1.165) is 40.8 Å². The molecular formula is C14H19NO2S. The molecule has 98 valence electrons. The van der Waals surface area contributed by atoms with Gasteiger partial charge in [-0.2, -0.15) is 0 Å². The van der Waals surface area contributed by atoms with Gasteiger partial charge in [-0.05, 0) is 50.8 Å². The first-order chi connectivity index (χ1) is 8.39. The summed E-state index contributed by atoms with van der Waals surface area (Å²) < 4.78 is 6.09. The van der Waals surface area contributed by atoms with Crippen LogP contribution in [0.1, 0.15) is 35.6 Å². The zero-order chi connectivity index (χ0) is 13.5. The molecule has 0 spiro atoms. The molecule has 0 fully saturated rings. The molecule has 1 atom stereocenters. The molecule has 1 heterocycles. The third kappa shape index (κ3) is 1.94. The second-order valence-corrected chi connectivity index (χ2v) is 5.36. The number of aromatic hydroxyl groups is 1. The molecule has 1 aliphatic heterocycles. The molecule has 1 aromatic rings. The van der Waals surface area contributed by atoms with Crippen LogP contribution in [0.5, 0.6) is 11.5 Å². The molecule has 0 saturated carbocycles. The van der Waals surface area contributed by atoms with Crippen LogP contribution in [0, 0.1) is 20.8 Å². The van der Waals surface area contributed by atoms with Gasteiger partial charge in [0.2, 0.25) is 0 Å². The SMILES string of the molecule is Cc1c(C)c2c(c(C)c1O)CCC(C)(NC=S)O2. The van der Waals surface area contributed by atoms with Crippen LogP contribution in [0.4, 0.5) is 0 Å². The minimum atomic E-state index is -0.449. The third-order valence-electron chi connectivity index (χ3n) is 3.88. The van der Waals surface area contributed by atoms with Crippen LogP contribution in [0.3, 0.4) is 0 Å². The highest BCUT2D eigenvalue weighted by molar-refractivity contribution is 7.78. The molecular weight excluding hydrogens is 246 g/mol. The molecule has 1 aliphatic rings. The highest BCUT2D eigenvalue weighted by Gasteiger charge is 2.33. The zero-order valence-corrected chi connectivity index (χ0v) is 12.1. The maximum Gasteiger partial charge on any atom is 0.178 e. The molecule has 0 amide bonds. The topological polar surface area (TPSA) is 41.5 Å². The van der Waals surface area contributed by atoms with Crippen molar-refractivity contribution in [3.8, 4) is 11.5 Å². The Kier molecular flexibility index (Phi) is 3.23. The van der Waals surface area contributed by atoms with Crippen molar-refractivity contribution in [1.29, 1.82) is 0 Å². The number of benzene rings is 1. The van der Waals surface area contributed by atoms with Crippen molar-refractivity contribution in [3.63, 3.8) is 0 Å². The normalized spacial score (nSPS) is 22.0. The van der Waals surface area contributed by atoms with Gasteiger partial charge >= 0.3 is 0 Å². The highest BCUT2D eigenvalue weighted by atomic mass is 32.1. The predicted octanol–water partition coefficient (Wildman–Crippen LogP) is 2.91. The summed E-state index contributed by atoms with van der Waals surface area (Å²) in [6.45, 7) is 7.84. The number of fused-ring (bicyclic) bond motifs is 1. The number of nitrogens with one attached hydrogen (secondary N) is 1. The van der Waals surface area contributed by atoms with E-state index in [2.05, 4.69) is 5.32 Å². The molecule has 2 N–H and O–H groups in total. The quantitative estimate of drug-likeness (QED) is 0.807. The minimum absolute atomic E-state index is 0.390. The lowest BCUT2D eigenvalue weighted by molar-refractivity contribution is 0.0508. The number of ether oxygens (including phenoxy) is 1. The zero-order valence-electron chi connectivity index (χ0n) is 11.3. The molecule has 1 aromatic carbocycles. The lowest BCUT2D eigenvalue weighted by atomic mass is 9.90. The predicted molar refractivity (Wildman–Crippen MR) is 76.5 cm³/mol. The smallest absolute Gasteiger partial charge is 0.178 e. The summed E-state index contributed by atoms with van der Waals surface area (Å²) in [5.41, 5.74) is 4.98. The van der Waals surface area contributed by atoms with Gasteiger partial charge in [-0.1, -0.05) is 12.2 Å². The Bertz CT molecular complexity index is 513. The van der Waals surface area contributed by atoms with Crippen molar-refractivity contribution < 1.29 is 9.84 Å². The first-order valence-corrected chi connectivity index (χ1v) is 6.58. The average molecular weight is 265 g/mol. The number of rotatable bonds is 2. The fraction of sp³-hybridized carbons (Fsp3) is 0.500. The molecule has 0 bridgehead atoms. The van der Waals surface area contributed by atoms with E-state index in [1.54, 1.807) is 0 Å². The molecule has 3 nitrogen and oxygen atoms in total. The van der Waals surface area contributed by atoms with E-state index in [-0.39, 0.29) is 0 Å². The summed E-state index contributed by atoms with van der Waals surface area (Å²) in [7, 11) is 0. The van der Waals surface area contributed by atoms with Crippen LogP contribution in [0.2, 0.25) is 0 Å². The largest absolute Gasteiger partial charge is 0.507 e. The first kappa shape index (κ1) is 13.1. The standard InChI is InChI=1S/C14H19NO2S/c1-8-9(2)13-11(10(3)12(8)16)5-6-14(4,17-13)15-7-18/h7,16H,5-6H2,1-4H3,(H,15,18). The molecule has 2 rings (SSSR count). The van der Waals surface area contributed by atoms with Crippen molar-refractivity contribution in [2.24, 2.45) is 0 Å². The van der Waals surface area contributed by atoms with E-state index < -0.39 is 5.72 Å². The summed E-state index contributed by atoms with van der Waals surface area (Å²) in [4.78, 5) is 0. The molecule has 0 saturated heterocycles. The van der Waals surface area contributed by atoms with E-state index >= 15 is 0 Å². The number of thiocarbonyl (C=S) groups is 1. The summed E-state index contributed by atoms with van der Waals surface area (Å²) in [5.74, 6) is 1.28. The molecule has 0 aromatic heterocycles. The van der Waals surface area contributed by atoms with Crippen molar-refractivity contribution in [2.75, 3.05) is 0 Å². The second kappa shape index (κ2) is 4.43. The van der Waals surface area contributed by atoms with Crippen molar-refractivity contribution >= 4 is 17.7 Å². The monoisotopic (exact) mass is 265 g/mol. The Labute approximate surface area is 113 Å². The Balaban J connectivity index is 2.53. The Hall–Kier alpha value is -1.29. The molecule has 18 heavy (non-hydrogen) atoms. The van der Waals surface area contributed by atoms with Crippen molar-refractivity contribution in [2.45, 2.75) is 46.3 Å². The third-order valence-corrected chi connectivity index (χ3v) is 4.00. The first-order valence-electron chi connectivity index (χ1n) is 6.11. The van der Waals surface area contributed by atoms with Crippen LogP contribution >= 0.6 is 12.2 Å². The van der Waals surface area contributed by atoms with Crippen LogP contribution in [-0.2, 0) is 6.42 Å². The average Bonchev–Trinajstić information content (AvgIpc) is 2.34. The number of phenols is 1. The maximum absolute atomic E-state index is 10.1. The lowest BCUT2D eigenvalue weighted by Gasteiger charge is -2.37. The van der Waals surface area contributed by atoms with Gasteiger partial charge in [-0.3, -0.25) is 0 Å². The van der Waals surface area contributed by atoms with Gasteiger partial charge in [0.05, 0.1) is 5.49 Å². The summed E-state index contributed by atoms with van der Waals surface area (Å²) in [6.07, 6.45) is 1.71. The Morgan fingerprint density at radius 3 is 2.56 bits per heavy atom. The minimum Gasteiger partial charge on any atom is -0.507 e. The fourth-order valence-corrected chi connectivity index (χ4v) is 2.72. The molecule has 4 heteroatoms. The van der Waals surface area contributed by atoms with E-state index in [1.165, 1.54) is 5.49 Å². The van der Waals surface area contributed by atoms with Gasteiger partial charge < -0.3 is 15.2 Å². The summed E-state index contributed by atoms with van der Waals surface area (Å²) in [6, 6.07) is 0. The summed E-state index contributed by atoms with van der Waals surface area (Å²) >= 11 is 4.85. The van der Waals surface area contributed by atoms with Gasteiger partial charge in [-0.15, -0.1) is 0 Å². The molecule has 1 unspecified atom stereocenters. The van der Waals surface area contributed by atoms with E-state index in [4.69, 9.17) is 17.0 Å². The fourth-order valence-electron chi connectivity index (χ4n) is 2.47. The van der Waals surface area contributed by atoms with Gasteiger partial charge in [0.15, 0.2) is 5.72 Å².